The number of aromatic nitrogens is 4. The van der Waals surface area contributed by atoms with Crippen molar-refractivity contribution in [2.75, 3.05) is 30.8 Å². The van der Waals surface area contributed by atoms with E-state index in [1.807, 2.05) is 20.0 Å². The molecule has 0 spiro atoms. The molecule has 0 atom stereocenters. The summed E-state index contributed by atoms with van der Waals surface area (Å²) < 4.78 is 0. The molecule has 1 aliphatic heterocycles. The van der Waals surface area contributed by atoms with Gasteiger partial charge in [-0.05, 0) is 26.5 Å². The predicted molar refractivity (Wildman–Crippen MR) is 78.4 cm³/mol. The Hall–Kier alpha value is -2.15. The fraction of sp³-hybridized carbons (Fsp3) is 0.462. The molecule has 4 N–H and O–H groups in total. The normalized spacial score (nSPS) is 17.1. The van der Waals surface area contributed by atoms with E-state index in [1.165, 1.54) is 0 Å². The van der Waals surface area contributed by atoms with Gasteiger partial charge in [-0.15, -0.1) is 0 Å². The number of anilines is 2. The molecule has 0 radical (unpaired) electrons. The van der Waals surface area contributed by atoms with E-state index in [0.29, 0.717) is 0 Å². The molecule has 3 heterocycles. The number of aryl methyl sites for hydroxylation is 1. The Kier molecular flexibility index (Phi) is 2.86. The summed E-state index contributed by atoms with van der Waals surface area (Å²) in [5.74, 6) is 1.14. The first-order chi connectivity index (χ1) is 9.50. The number of nitrogen functional groups attached to an aromatic ring is 1. The van der Waals surface area contributed by atoms with Crippen LogP contribution in [0.15, 0.2) is 12.3 Å². The highest BCUT2D eigenvalue weighted by Crippen LogP contribution is 2.29. The fourth-order valence-electron chi connectivity index (χ4n) is 2.46. The van der Waals surface area contributed by atoms with E-state index in [2.05, 4.69) is 37.3 Å². The van der Waals surface area contributed by atoms with Gasteiger partial charge in [0, 0.05) is 19.2 Å². The fourth-order valence-corrected chi connectivity index (χ4v) is 2.46. The maximum absolute atomic E-state index is 5.83. The zero-order chi connectivity index (χ0) is 14.3. The van der Waals surface area contributed by atoms with Gasteiger partial charge in [-0.1, -0.05) is 0 Å². The van der Waals surface area contributed by atoms with Crippen LogP contribution in [0.25, 0.3) is 11.4 Å². The lowest BCUT2D eigenvalue weighted by Crippen LogP contribution is -2.67. The Morgan fingerprint density at radius 2 is 2.15 bits per heavy atom. The van der Waals surface area contributed by atoms with Crippen LogP contribution in [0.5, 0.6) is 0 Å². The summed E-state index contributed by atoms with van der Waals surface area (Å²) in [5, 5.41) is 10.3. The molecule has 3 rings (SSSR count). The van der Waals surface area contributed by atoms with Gasteiger partial charge in [0.25, 0.3) is 0 Å². The van der Waals surface area contributed by atoms with Gasteiger partial charge in [-0.25, -0.2) is 4.98 Å². The minimum atomic E-state index is 0.143. The van der Waals surface area contributed by atoms with E-state index in [0.717, 1.165) is 35.9 Å². The summed E-state index contributed by atoms with van der Waals surface area (Å²) in [6, 6.07) is 1.95. The van der Waals surface area contributed by atoms with Crippen molar-refractivity contribution in [3.05, 3.63) is 17.8 Å². The van der Waals surface area contributed by atoms with Crippen LogP contribution in [-0.4, -0.2) is 45.8 Å². The highest BCUT2D eigenvalue weighted by molar-refractivity contribution is 5.64. The SMILES string of the molecule is CNC1(C)CN(c2cc(-c3[nH]ncc3C)nc(N)n2)C1. The third-order valence-corrected chi connectivity index (χ3v) is 3.82. The van der Waals surface area contributed by atoms with Crippen molar-refractivity contribution >= 4 is 11.8 Å². The Labute approximate surface area is 117 Å². The number of hydrogen-bond acceptors (Lipinski definition) is 6. The van der Waals surface area contributed by atoms with E-state index in [1.54, 1.807) is 6.20 Å². The largest absolute Gasteiger partial charge is 0.368 e. The van der Waals surface area contributed by atoms with Gasteiger partial charge in [0.2, 0.25) is 5.95 Å². The topological polar surface area (TPSA) is 95.8 Å². The number of H-pyrrole nitrogens is 1. The Morgan fingerprint density at radius 3 is 2.75 bits per heavy atom. The van der Waals surface area contributed by atoms with Crippen LogP contribution in [0, 0.1) is 6.92 Å². The number of nitrogens with zero attached hydrogens (tertiary/aromatic N) is 4. The van der Waals surface area contributed by atoms with Gasteiger partial charge < -0.3 is 16.0 Å². The molecule has 106 valence electrons. The minimum absolute atomic E-state index is 0.143. The molecular weight excluding hydrogens is 254 g/mol. The van der Waals surface area contributed by atoms with Crippen LogP contribution < -0.4 is 16.0 Å². The van der Waals surface area contributed by atoms with Gasteiger partial charge >= 0.3 is 0 Å². The van der Waals surface area contributed by atoms with Crippen molar-refractivity contribution in [3.63, 3.8) is 0 Å². The molecule has 7 nitrogen and oxygen atoms in total. The van der Waals surface area contributed by atoms with Gasteiger partial charge in [0.05, 0.1) is 23.1 Å². The lowest BCUT2D eigenvalue weighted by atomic mass is 9.92. The molecule has 7 heteroatoms. The standard InChI is InChI=1S/C13H19N7/c1-8-5-16-19-11(8)9-4-10(18-12(14)17-9)20-6-13(2,7-20)15-3/h4-5,15H,6-7H2,1-3H3,(H,16,19)(H2,14,17,18). The number of nitrogens with one attached hydrogen (secondary N) is 2. The van der Waals surface area contributed by atoms with Crippen LogP contribution in [0.1, 0.15) is 12.5 Å². The van der Waals surface area contributed by atoms with E-state index < -0.39 is 0 Å². The maximum Gasteiger partial charge on any atom is 0.222 e. The van der Waals surface area contributed by atoms with Gasteiger partial charge in [-0.2, -0.15) is 10.1 Å². The lowest BCUT2D eigenvalue weighted by molar-refractivity contribution is 0.301. The highest BCUT2D eigenvalue weighted by Gasteiger charge is 2.38. The number of aromatic amines is 1. The summed E-state index contributed by atoms with van der Waals surface area (Å²) in [6.07, 6.45) is 1.77. The lowest BCUT2D eigenvalue weighted by Gasteiger charge is -2.48. The van der Waals surface area contributed by atoms with E-state index in [9.17, 15) is 0 Å². The Balaban J connectivity index is 1.91. The molecule has 0 aliphatic carbocycles. The van der Waals surface area contributed by atoms with Crippen molar-refractivity contribution < 1.29 is 0 Å². The molecular formula is C13H19N7. The van der Waals surface area contributed by atoms with Crippen LogP contribution in [0.3, 0.4) is 0 Å². The first-order valence-corrected chi connectivity index (χ1v) is 6.59. The van der Waals surface area contributed by atoms with E-state index in [-0.39, 0.29) is 11.5 Å². The maximum atomic E-state index is 5.83. The monoisotopic (exact) mass is 273 g/mol. The van der Waals surface area contributed by atoms with Crippen molar-refractivity contribution in [3.8, 4) is 11.4 Å². The molecule has 1 saturated heterocycles. The first kappa shape index (κ1) is 12.9. The average Bonchev–Trinajstić information content (AvgIpc) is 2.80. The minimum Gasteiger partial charge on any atom is -0.368 e. The van der Waals surface area contributed by atoms with E-state index in [4.69, 9.17) is 5.73 Å². The van der Waals surface area contributed by atoms with Crippen molar-refractivity contribution in [1.82, 2.24) is 25.5 Å². The van der Waals surface area contributed by atoms with Crippen LogP contribution >= 0.6 is 0 Å². The summed E-state index contributed by atoms with van der Waals surface area (Å²) in [4.78, 5) is 10.8. The molecule has 20 heavy (non-hydrogen) atoms. The number of likely N-dealkylation sites (N-methyl/N-ethyl adjacent to an activating group) is 1. The van der Waals surface area contributed by atoms with Gasteiger partial charge in [0.1, 0.15) is 5.82 Å². The van der Waals surface area contributed by atoms with Crippen molar-refractivity contribution in [2.24, 2.45) is 0 Å². The molecule has 1 aliphatic rings. The second-order valence-electron chi connectivity index (χ2n) is 5.56. The predicted octanol–water partition coefficient (Wildman–Crippen LogP) is 0.555. The summed E-state index contributed by atoms with van der Waals surface area (Å²) in [6.45, 7) is 5.98. The second-order valence-corrected chi connectivity index (χ2v) is 5.56. The zero-order valence-electron chi connectivity index (χ0n) is 11.9. The Morgan fingerprint density at radius 1 is 1.40 bits per heavy atom. The average molecular weight is 273 g/mol. The molecule has 1 fully saturated rings. The first-order valence-electron chi connectivity index (χ1n) is 6.59. The van der Waals surface area contributed by atoms with Gasteiger partial charge in [-0.3, -0.25) is 5.10 Å². The van der Waals surface area contributed by atoms with E-state index >= 15 is 0 Å². The number of nitrogens with two attached hydrogens (primary N) is 1. The third kappa shape index (κ3) is 2.09. The molecule has 0 unspecified atom stereocenters. The number of hydrogen-bond donors (Lipinski definition) is 3. The summed E-state index contributed by atoms with van der Waals surface area (Å²) in [5.41, 5.74) is 8.68. The Bertz CT molecular complexity index is 627. The molecule has 2 aromatic heterocycles. The van der Waals surface area contributed by atoms with Crippen molar-refractivity contribution in [1.29, 1.82) is 0 Å². The molecule has 0 amide bonds. The second kappa shape index (κ2) is 4.45. The van der Waals surface area contributed by atoms with Crippen LogP contribution in [0.4, 0.5) is 11.8 Å². The van der Waals surface area contributed by atoms with Gasteiger partial charge in [0.15, 0.2) is 0 Å². The zero-order valence-corrected chi connectivity index (χ0v) is 11.9. The molecule has 2 aromatic rings. The quantitative estimate of drug-likeness (QED) is 0.756. The molecule has 0 saturated carbocycles. The highest BCUT2D eigenvalue weighted by atomic mass is 15.3. The third-order valence-electron chi connectivity index (χ3n) is 3.82. The summed E-state index contributed by atoms with van der Waals surface area (Å²) >= 11 is 0. The van der Waals surface area contributed by atoms with Crippen LogP contribution in [0.2, 0.25) is 0 Å². The van der Waals surface area contributed by atoms with Crippen molar-refractivity contribution in [2.45, 2.75) is 19.4 Å². The molecule has 0 bridgehead atoms. The summed E-state index contributed by atoms with van der Waals surface area (Å²) in [7, 11) is 1.98. The smallest absolute Gasteiger partial charge is 0.222 e. The number of rotatable bonds is 3. The van der Waals surface area contributed by atoms with Crippen LogP contribution in [-0.2, 0) is 0 Å². The molecule has 0 aromatic carbocycles.